The Balaban J connectivity index is 0.000000495. The zero-order valence-corrected chi connectivity index (χ0v) is 28.8. The van der Waals surface area contributed by atoms with Crippen molar-refractivity contribution in [2.75, 3.05) is 0 Å². The summed E-state index contributed by atoms with van der Waals surface area (Å²) < 4.78 is 0. The van der Waals surface area contributed by atoms with E-state index in [2.05, 4.69) is 107 Å². The SMILES string of the molecule is CC(C)(C)c1ccc(O)cc1.CC(C)(C)c1ccc(O)cc1.Cc1cc(C)[c-](C)c1.Cc1cc(C)[c-](C)c1.[Zr+2]. The number of phenols is 2. The summed E-state index contributed by atoms with van der Waals surface area (Å²) in [6.45, 7) is 25.7. The van der Waals surface area contributed by atoms with E-state index in [0.29, 0.717) is 11.5 Å². The van der Waals surface area contributed by atoms with Crippen molar-refractivity contribution in [2.45, 2.75) is 93.9 Å². The topological polar surface area (TPSA) is 40.5 Å². The third-order valence-electron chi connectivity index (χ3n) is 6.49. The molecular weight excluding hydrogens is 556 g/mol. The predicted octanol–water partition coefficient (Wildman–Crippen LogP) is 10.0. The Kier molecular flexibility index (Phi) is 15.0. The molecule has 0 saturated heterocycles. The third kappa shape index (κ3) is 14.0. The number of aromatic hydroxyl groups is 2. The fourth-order valence-corrected chi connectivity index (χ4v) is 3.83. The summed E-state index contributed by atoms with van der Waals surface area (Å²) in [5.41, 5.74) is 11.2. The molecule has 0 aromatic heterocycles. The molecule has 3 heteroatoms. The molecule has 0 fully saturated rings. The second-order valence-corrected chi connectivity index (χ2v) is 12.4. The van der Waals surface area contributed by atoms with E-state index in [9.17, 15) is 0 Å². The molecule has 0 aliphatic rings. The number of rotatable bonds is 0. The van der Waals surface area contributed by atoms with Crippen LogP contribution >= 0.6 is 0 Å². The van der Waals surface area contributed by atoms with Gasteiger partial charge in [0.1, 0.15) is 11.5 Å². The number of benzene rings is 2. The smallest absolute Gasteiger partial charge is 0.508 e. The van der Waals surface area contributed by atoms with Crippen LogP contribution in [0.15, 0.2) is 72.8 Å². The van der Waals surface area contributed by atoms with Gasteiger partial charge in [0.2, 0.25) is 0 Å². The van der Waals surface area contributed by atoms with Crippen LogP contribution in [-0.2, 0) is 37.0 Å². The van der Waals surface area contributed by atoms with Gasteiger partial charge in [-0.15, -0.1) is 0 Å². The number of aryl methyl sites for hydroxylation is 6. The van der Waals surface area contributed by atoms with Crippen molar-refractivity contribution >= 4 is 0 Å². The zero-order chi connectivity index (χ0) is 29.3. The number of phenolic OH excluding ortho intramolecular Hbond substituents is 2. The fourth-order valence-electron chi connectivity index (χ4n) is 3.83. The minimum absolute atomic E-state index is 0. The monoisotopic (exact) mass is 604 g/mol. The Bertz CT molecular complexity index is 1090. The molecule has 4 aromatic carbocycles. The van der Waals surface area contributed by atoms with E-state index in [0.717, 1.165) is 0 Å². The molecular formula is C36H50O2Zr. The van der Waals surface area contributed by atoms with E-state index in [1.54, 1.807) is 24.3 Å². The summed E-state index contributed by atoms with van der Waals surface area (Å²) in [5, 5.41) is 18.0. The standard InChI is InChI=1S/2C10H14O.2C8H11.Zr/c2*1-10(2,3)8-4-6-9(11)7-5-8;2*1-6-4-7(2)8(3)5-6;/h2*4-7,11H,1-3H3;2*4-5H,1-3H3;/q;;2*-1;+2. The maximum absolute atomic E-state index is 9.02. The Morgan fingerprint density at radius 1 is 0.513 bits per heavy atom. The fraction of sp³-hybridized carbons (Fsp3) is 0.389. The van der Waals surface area contributed by atoms with E-state index in [1.807, 2.05) is 24.3 Å². The van der Waals surface area contributed by atoms with Crippen LogP contribution in [0.3, 0.4) is 0 Å². The van der Waals surface area contributed by atoms with Gasteiger partial charge < -0.3 is 10.2 Å². The Morgan fingerprint density at radius 2 is 0.769 bits per heavy atom. The van der Waals surface area contributed by atoms with E-state index in [1.165, 1.54) is 44.5 Å². The van der Waals surface area contributed by atoms with Crippen LogP contribution in [-0.4, -0.2) is 10.2 Å². The van der Waals surface area contributed by atoms with Crippen LogP contribution in [0.5, 0.6) is 11.5 Å². The molecule has 0 radical (unpaired) electrons. The van der Waals surface area contributed by atoms with Crippen LogP contribution in [0.25, 0.3) is 0 Å². The van der Waals surface area contributed by atoms with Gasteiger partial charge >= 0.3 is 26.2 Å². The first kappa shape index (κ1) is 36.6. The van der Waals surface area contributed by atoms with Crippen molar-refractivity contribution < 1.29 is 36.4 Å². The number of hydrogen-bond donors (Lipinski definition) is 2. The molecule has 4 rings (SSSR count). The Labute approximate surface area is 258 Å². The molecule has 0 spiro atoms. The third-order valence-corrected chi connectivity index (χ3v) is 6.49. The minimum atomic E-state index is 0. The molecule has 210 valence electrons. The molecule has 0 atom stereocenters. The van der Waals surface area contributed by atoms with Gasteiger partial charge in [0.05, 0.1) is 0 Å². The van der Waals surface area contributed by atoms with Crippen LogP contribution in [0.4, 0.5) is 0 Å². The van der Waals surface area contributed by atoms with Crippen LogP contribution in [0.1, 0.15) is 86.1 Å². The van der Waals surface area contributed by atoms with Gasteiger partial charge in [0.25, 0.3) is 0 Å². The van der Waals surface area contributed by atoms with Crippen LogP contribution in [0, 0.1) is 41.5 Å². The first-order chi connectivity index (χ1) is 17.4. The quantitative estimate of drug-likeness (QED) is 0.196. The Hall–Kier alpha value is -2.38. The molecule has 0 saturated carbocycles. The molecule has 39 heavy (non-hydrogen) atoms. The minimum Gasteiger partial charge on any atom is -0.508 e. The van der Waals surface area contributed by atoms with Crippen molar-refractivity contribution in [2.24, 2.45) is 0 Å². The first-order valence-electron chi connectivity index (χ1n) is 13.4. The molecule has 4 aromatic rings. The van der Waals surface area contributed by atoms with Crippen molar-refractivity contribution in [3.05, 3.63) is 117 Å². The van der Waals surface area contributed by atoms with Gasteiger partial charge in [0.15, 0.2) is 0 Å². The first-order valence-corrected chi connectivity index (χ1v) is 13.4. The normalized spacial score (nSPS) is 10.6. The zero-order valence-electron chi connectivity index (χ0n) is 26.3. The van der Waals surface area contributed by atoms with E-state index < -0.39 is 0 Å². The molecule has 2 N–H and O–H groups in total. The predicted molar refractivity (Wildman–Crippen MR) is 166 cm³/mol. The van der Waals surface area contributed by atoms with Crippen molar-refractivity contribution in [1.29, 1.82) is 0 Å². The molecule has 0 bridgehead atoms. The number of hydrogen-bond acceptors (Lipinski definition) is 2. The second kappa shape index (κ2) is 16.0. The van der Waals surface area contributed by atoms with Crippen molar-refractivity contribution in [1.82, 2.24) is 0 Å². The summed E-state index contributed by atoms with van der Waals surface area (Å²) >= 11 is 0. The largest absolute Gasteiger partial charge is 2.00 e. The van der Waals surface area contributed by atoms with E-state index in [4.69, 9.17) is 10.2 Å². The van der Waals surface area contributed by atoms with Gasteiger partial charge in [-0.1, -0.05) is 107 Å². The van der Waals surface area contributed by atoms with Gasteiger partial charge in [0, 0.05) is 0 Å². The molecule has 0 amide bonds. The van der Waals surface area contributed by atoms with Gasteiger partial charge in [-0.2, -0.15) is 34.4 Å². The summed E-state index contributed by atoms with van der Waals surface area (Å²) in [4.78, 5) is 0. The molecule has 2 nitrogen and oxygen atoms in total. The van der Waals surface area contributed by atoms with Gasteiger partial charge in [-0.05, 0) is 46.2 Å². The molecule has 0 heterocycles. The summed E-state index contributed by atoms with van der Waals surface area (Å²) in [5.74, 6) is 0.663. The van der Waals surface area contributed by atoms with E-state index >= 15 is 0 Å². The molecule has 0 aliphatic heterocycles. The van der Waals surface area contributed by atoms with Crippen LogP contribution in [0.2, 0.25) is 0 Å². The van der Waals surface area contributed by atoms with E-state index in [-0.39, 0.29) is 37.0 Å². The van der Waals surface area contributed by atoms with Crippen molar-refractivity contribution in [3.63, 3.8) is 0 Å². The summed E-state index contributed by atoms with van der Waals surface area (Å²) in [7, 11) is 0. The van der Waals surface area contributed by atoms with Gasteiger partial charge in [-0.3, -0.25) is 0 Å². The Morgan fingerprint density at radius 3 is 0.897 bits per heavy atom. The van der Waals surface area contributed by atoms with Crippen molar-refractivity contribution in [3.8, 4) is 11.5 Å². The average Bonchev–Trinajstić information content (AvgIpc) is 3.25. The molecule has 0 unspecified atom stereocenters. The maximum atomic E-state index is 9.02. The molecule has 0 aliphatic carbocycles. The van der Waals surface area contributed by atoms with Crippen LogP contribution < -0.4 is 0 Å². The van der Waals surface area contributed by atoms with Gasteiger partial charge in [-0.25, -0.2) is 23.3 Å². The summed E-state index contributed by atoms with van der Waals surface area (Å²) in [6, 6.07) is 23.5. The maximum Gasteiger partial charge on any atom is 2.00 e. The second-order valence-electron chi connectivity index (χ2n) is 12.4. The average molecular weight is 606 g/mol. The summed E-state index contributed by atoms with van der Waals surface area (Å²) in [6.07, 6.45) is 0.